The third-order valence-corrected chi connectivity index (χ3v) is 4.30. The quantitative estimate of drug-likeness (QED) is 0.874. The topological polar surface area (TPSA) is 38.8 Å². The van der Waals surface area contributed by atoms with Crippen molar-refractivity contribution in [3.8, 4) is 0 Å². The van der Waals surface area contributed by atoms with Crippen molar-refractivity contribution < 1.29 is 14.4 Å². The molecule has 4 nitrogen and oxygen atoms in total. The number of hydrogen-bond acceptors (Lipinski definition) is 3. The number of amides is 1. The number of nitrogens with zero attached hydrogens (tertiary/aromatic N) is 1. The summed E-state index contributed by atoms with van der Waals surface area (Å²) in [7, 11) is 0. The average molecular weight is 295 g/mol. The van der Waals surface area contributed by atoms with E-state index in [-0.39, 0.29) is 17.9 Å². The van der Waals surface area contributed by atoms with Crippen molar-refractivity contribution >= 4 is 5.91 Å². The van der Waals surface area contributed by atoms with Gasteiger partial charge in [-0.3, -0.25) is 9.63 Å². The third-order valence-electron chi connectivity index (χ3n) is 4.30. The first-order valence-corrected chi connectivity index (χ1v) is 7.50. The van der Waals surface area contributed by atoms with Crippen LogP contribution in [0.4, 0.5) is 0 Å². The molecule has 1 saturated heterocycles. The Labute approximate surface area is 129 Å². The maximum Gasteiger partial charge on any atom is 0.256 e. The molecule has 0 aromatic heterocycles. The molecular formula is C18H17NO3. The van der Waals surface area contributed by atoms with Gasteiger partial charge in [0.1, 0.15) is 6.61 Å². The fourth-order valence-corrected chi connectivity index (χ4v) is 3.16. The van der Waals surface area contributed by atoms with Gasteiger partial charge in [-0.15, -0.1) is 0 Å². The lowest BCUT2D eigenvalue weighted by atomic mass is 9.89. The van der Waals surface area contributed by atoms with Crippen LogP contribution < -0.4 is 0 Å². The highest BCUT2D eigenvalue weighted by Gasteiger charge is 2.45. The summed E-state index contributed by atoms with van der Waals surface area (Å²) < 4.78 is 5.84. The molecule has 2 heterocycles. The minimum absolute atomic E-state index is 0.00641. The highest BCUT2D eigenvalue weighted by Crippen LogP contribution is 2.37. The highest BCUT2D eigenvalue weighted by atomic mass is 16.7. The van der Waals surface area contributed by atoms with Gasteiger partial charge in [-0.1, -0.05) is 54.6 Å². The first-order valence-electron chi connectivity index (χ1n) is 7.50. The van der Waals surface area contributed by atoms with Crippen molar-refractivity contribution in [3.05, 3.63) is 71.3 Å². The summed E-state index contributed by atoms with van der Waals surface area (Å²) in [6.45, 7) is 1.45. The van der Waals surface area contributed by atoms with E-state index in [2.05, 4.69) is 0 Å². The number of rotatable bonds is 3. The smallest absolute Gasteiger partial charge is 0.256 e. The van der Waals surface area contributed by atoms with E-state index in [4.69, 9.17) is 9.57 Å². The van der Waals surface area contributed by atoms with Gasteiger partial charge in [-0.25, -0.2) is 5.06 Å². The molecule has 2 aromatic carbocycles. The predicted molar refractivity (Wildman–Crippen MR) is 80.7 cm³/mol. The summed E-state index contributed by atoms with van der Waals surface area (Å²) in [5, 5.41) is 1.46. The summed E-state index contributed by atoms with van der Waals surface area (Å²) in [4.78, 5) is 18.4. The summed E-state index contributed by atoms with van der Waals surface area (Å²) in [6, 6.07) is 17.9. The van der Waals surface area contributed by atoms with Gasteiger partial charge in [-0.05, 0) is 16.7 Å². The SMILES string of the molecule is O=C1C2c3ccccc3COC2CN1OCc1ccccc1. The lowest BCUT2D eigenvalue weighted by Gasteiger charge is -2.25. The third kappa shape index (κ3) is 2.30. The van der Waals surface area contributed by atoms with Crippen LogP contribution >= 0.6 is 0 Å². The van der Waals surface area contributed by atoms with Crippen molar-refractivity contribution in [2.45, 2.75) is 25.2 Å². The van der Waals surface area contributed by atoms with Crippen LogP contribution in [0, 0.1) is 0 Å². The van der Waals surface area contributed by atoms with Crippen LogP contribution in [0.15, 0.2) is 54.6 Å². The maximum atomic E-state index is 12.6. The average Bonchev–Trinajstić information content (AvgIpc) is 2.90. The van der Waals surface area contributed by atoms with Crippen molar-refractivity contribution in [2.75, 3.05) is 6.54 Å². The van der Waals surface area contributed by atoms with Crippen molar-refractivity contribution in [3.63, 3.8) is 0 Å². The van der Waals surface area contributed by atoms with E-state index in [9.17, 15) is 4.79 Å². The number of fused-ring (bicyclic) bond motifs is 3. The summed E-state index contributed by atoms with van der Waals surface area (Å²) in [6.07, 6.45) is -0.113. The molecule has 0 spiro atoms. The lowest BCUT2D eigenvalue weighted by Crippen LogP contribution is -2.28. The molecule has 2 atom stereocenters. The Morgan fingerprint density at radius 2 is 1.86 bits per heavy atom. The fourth-order valence-electron chi connectivity index (χ4n) is 3.16. The van der Waals surface area contributed by atoms with Gasteiger partial charge in [-0.2, -0.15) is 0 Å². The molecule has 0 radical (unpaired) electrons. The molecule has 0 aliphatic carbocycles. The minimum Gasteiger partial charge on any atom is -0.370 e. The van der Waals surface area contributed by atoms with E-state index in [1.54, 1.807) is 0 Å². The van der Waals surface area contributed by atoms with Crippen molar-refractivity contribution in [1.82, 2.24) is 5.06 Å². The van der Waals surface area contributed by atoms with E-state index < -0.39 is 0 Å². The van der Waals surface area contributed by atoms with Gasteiger partial charge in [0, 0.05) is 0 Å². The number of benzene rings is 2. The Balaban J connectivity index is 1.51. The number of ether oxygens (including phenoxy) is 1. The first-order chi connectivity index (χ1) is 10.8. The van der Waals surface area contributed by atoms with E-state index in [1.165, 1.54) is 5.06 Å². The van der Waals surface area contributed by atoms with Gasteiger partial charge < -0.3 is 4.74 Å². The molecule has 22 heavy (non-hydrogen) atoms. The molecule has 0 bridgehead atoms. The molecule has 4 rings (SSSR count). The zero-order chi connectivity index (χ0) is 14.9. The minimum atomic E-state index is -0.235. The summed E-state index contributed by atoms with van der Waals surface area (Å²) >= 11 is 0. The molecule has 4 heteroatoms. The summed E-state index contributed by atoms with van der Waals surface area (Å²) in [5.74, 6) is -0.242. The van der Waals surface area contributed by atoms with Gasteiger partial charge in [0.2, 0.25) is 0 Å². The monoisotopic (exact) mass is 295 g/mol. The Morgan fingerprint density at radius 3 is 2.73 bits per heavy atom. The molecular weight excluding hydrogens is 278 g/mol. The predicted octanol–water partition coefficient (Wildman–Crippen LogP) is 2.64. The van der Waals surface area contributed by atoms with Gasteiger partial charge >= 0.3 is 0 Å². The van der Waals surface area contributed by atoms with E-state index in [0.717, 1.165) is 16.7 Å². The lowest BCUT2D eigenvalue weighted by molar-refractivity contribution is -0.184. The van der Waals surface area contributed by atoms with Crippen LogP contribution in [-0.4, -0.2) is 23.6 Å². The molecule has 2 aromatic rings. The van der Waals surface area contributed by atoms with Crippen molar-refractivity contribution in [2.24, 2.45) is 0 Å². The zero-order valence-corrected chi connectivity index (χ0v) is 12.1. The second-order valence-corrected chi connectivity index (χ2v) is 5.68. The standard InChI is InChI=1S/C18H17NO3/c20-18-17-15-9-5-4-8-14(15)12-21-16(17)10-19(18)22-11-13-6-2-1-3-7-13/h1-9,16-17H,10-12H2. The summed E-state index contributed by atoms with van der Waals surface area (Å²) in [5.41, 5.74) is 3.23. The number of hydrogen-bond donors (Lipinski definition) is 0. The van der Waals surface area contributed by atoms with Gasteiger partial charge in [0.15, 0.2) is 0 Å². The first kappa shape index (κ1) is 13.5. The Kier molecular flexibility index (Phi) is 3.41. The fraction of sp³-hybridized carbons (Fsp3) is 0.278. The Morgan fingerprint density at radius 1 is 1.09 bits per heavy atom. The number of hydroxylamine groups is 2. The van der Waals surface area contributed by atoms with E-state index in [1.807, 2.05) is 54.6 Å². The molecule has 2 unspecified atom stereocenters. The van der Waals surface area contributed by atoms with Gasteiger partial charge in [0.25, 0.3) is 5.91 Å². The van der Waals surface area contributed by atoms with Gasteiger partial charge in [0.05, 0.1) is 25.2 Å². The second-order valence-electron chi connectivity index (χ2n) is 5.68. The van der Waals surface area contributed by atoms with Crippen LogP contribution in [-0.2, 0) is 27.6 Å². The normalized spacial score (nSPS) is 23.3. The van der Waals surface area contributed by atoms with Crippen LogP contribution in [0.5, 0.6) is 0 Å². The maximum absolute atomic E-state index is 12.6. The van der Waals surface area contributed by atoms with Crippen LogP contribution in [0.2, 0.25) is 0 Å². The van der Waals surface area contributed by atoms with Crippen LogP contribution in [0.1, 0.15) is 22.6 Å². The van der Waals surface area contributed by atoms with Crippen molar-refractivity contribution in [1.29, 1.82) is 0 Å². The number of carbonyl (C=O) groups excluding carboxylic acids is 1. The highest BCUT2D eigenvalue weighted by molar-refractivity contribution is 5.86. The molecule has 2 aliphatic rings. The Hall–Kier alpha value is -2.17. The molecule has 2 aliphatic heterocycles. The number of carbonyl (C=O) groups is 1. The Bertz CT molecular complexity index is 686. The van der Waals surface area contributed by atoms with E-state index in [0.29, 0.717) is 19.8 Å². The van der Waals surface area contributed by atoms with Crippen LogP contribution in [0.3, 0.4) is 0 Å². The van der Waals surface area contributed by atoms with Crippen LogP contribution in [0.25, 0.3) is 0 Å². The second kappa shape index (κ2) is 5.55. The van der Waals surface area contributed by atoms with E-state index >= 15 is 0 Å². The molecule has 1 fully saturated rings. The molecule has 1 amide bonds. The largest absolute Gasteiger partial charge is 0.370 e. The molecule has 112 valence electrons. The zero-order valence-electron chi connectivity index (χ0n) is 12.1. The molecule has 0 N–H and O–H groups in total. The molecule has 0 saturated carbocycles.